The monoisotopic (exact) mass is 537 g/mol. The van der Waals surface area contributed by atoms with Crippen LogP contribution in [0.3, 0.4) is 0 Å². The third kappa shape index (κ3) is 6.14. The Labute approximate surface area is 230 Å². The van der Waals surface area contributed by atoms with E-state index in [1.54, 1.807) is 16.8 Å². The third-order valence-electron chi connectivity index (χ3n) is 7.97. The van der Waals surface area contributed by atoms with Gasteiger partial charge < -0.3 is 20.4 Å². The fraction of sp³-hybridized carbons (Fsp3) is 0.552. The van der Waals surface area contributed by atoms with Crippen LogP contribution in [0.15, 0.2) is 35.3 Å². The zero-order valence-electron chi connectivity index (χ0n) is 22.8. The number of piperidine rings is 1. The molecule has 0 spiro atoms. The van der Waals surface area contributed by atoms with Crippen LogP contribution >= 0.6 is 11.6 Å². The van der Waals surface area contributed by atoms with Crippen LogP contribution in [0, 0.1) is 12.8 Å². The Morgan fingerprint density at radius 2 is 1.89 bits per heavy atom. The summed E-state index contributed by atoms with van der Waals surface area (Å²) in [6, 6.07) is 7.70. The maximum Gasteiger partial charge on any atom is 0.252 e. The summed E-state index contributed by atoms with van der Waals surface area (Å²) in [5.41, 5.74) is 3.38. The molecule has 5 rings (SSSR count). The van der Waals surface area contributed by atoms with Crippen LogP contribution in [0.5, 0.6) is 0 Å². The lowest BCUT2D eigenvalue weighted by atomic mass is 9.92. The highest BCUT2D eigenvalue weighted by Crippen LogP contribution is 2.33. The molecule has 4 heterocycles. The molecule has 8 nitrogen and oxygen atoms in total. The summed E-state index contributed by atoms with van der Waals surface area (Å²) >= 11 is 6.76. The molecular weight excluding hydrogens is 498 g/mol. The van der Waals surface area contributed by atoms with Crippen molar-refractivity contribution in [2.45, 2.75) is 52.5 Å². The van der Waals surface area contributed by atoms with Gasteiger partial charge in [-0.15, -0.1) is 0 Å². The number of benzene rings is 1. The topological polar surface area (TPSA) is 78.3 Å². The number of aromatic nitrogens is 3. The van der Waals surface area contributed by atoms with Crippen molar-refractivity contribution >= 4 is 40.0 Å². The maximum atomic E-state index is 12.6. The molecule has 2 aliphatic rings. The number of piperazine rings is 1. The molecule has 0 saturated carbocycles. The van der Waals surface area contributed by atoms with Crippen LogP contribution in [0.25, 0.3) is 11.0 Å². The van der Waals surface area contributed by atoms with E-state index in [4.69, 9.17) is 16.6 Å². The molecule has 0 amide bonds. The molecular formula is C29H40ClN7O. The molecule has 2 aliphatic heterocycles. The van der Waals surface area contributed by atoms with E-state index in [9.17, 15) is 4.79 Å². The Hall–Kier alpha value is -2.68. The van der Waals surface area contributed by atoms with E-state index in [2.05, 4.69) is 31.5 Å². The highest BCUT2D eigenvalue weighted by Gasteiger charge is 2.21. The van der Waals surface area contributed by atoms with Crippen molar-refractivity contribution in [1.82, 2.24) is 24.8 Å². The fourth-order valence-corrected chi connectivity index (χ4v) is 6.10. The molecule has 2 saturated heterocycles. The van der Waals surface area contributed by atoms with Crippen LogP contribution in [0.1, 0.15) is 51.1 Å². The first-order valence-electron chi connectivity index (χ1n) is 14.0. The van der Waals surface area contributed by atoms with Gasteiger partial charge in [0, 0.05) is 68.6 Å². The van der Waals surface area contributed by atoms with Gasteiger partial charge >= 0.3 is 0 Å². The Kier molecular flexibility index (Phi) is 8.51. The minimum atomic E-state index is -0.0506. The molecule has 0 aliphatic carbocycles. The lowest BCUT2D eigenvalue weighted by Crippen LogP contribution is -2.43. The van der Waals surface area contributed by atoms with Crippen LogP contribution in [0.2, 0.25) is 5.02 Å². The average Bonchev–Trinajstić information content (AvgIpc) is 2.90. The zero-order valence-corrected chi connectivity index (χ0v) is 23.6. The van der Waals surface area contributed by atoms with E-state index in [1.165, 1.54) is 45.3 Å². The van der Waals surface area contributed by atoms with E-state index >= 15 is 0 Å². The quantitative estimate of drug-likeness (QED) is 0.419. The molecule has 2 aromatic heterocycles. The molecule has 2 N–H and O–H groups in total. The molecule has 38 heavy (non-hydrogen) atoms. The smallest absolute Gasteiger partial charge is 0.252 e. The number of anilines is 3. The van der Waals surface area contributed by atoms with Crippen molar-refractivity contribution in [3.63, 3.8) is 0 Å². The normalized spacial score (nSPS) is 17.4. The number of nitrogens with one attached hydrogen (secondary N) is 2. The highest BCUT2D eigenvalue weighted by molar-refractivity contribution is 6.33. The largest absolute Gasteiger partial charge is 0.370 e. The van der Waals surface area contributed by atoms with Gasteiger partial charge in [0.2, 0.25) is 5.95 Å². The summed E-state index contributed by atoms with van der Waals surface area (Å²) in [5.74, 6) is 1.26. The first-order valence-corrected chi connectivity index (χ1v) is 14.4. The number of rotatable bonds is 8. The second kappa shape index (κ2) is 12.0. The number of halogens is 1. The predicted octanol–water partition coefficient (Wildman–Crippen LogP) is 4.98. The van der Waals surface area contributed by atoms with E-state index in [1.807, 2.05) is 32.9 Å². The SMILES string of the molecule is Cc1cc(=O)n(C(C)C)c2nc(Nc3ccc(N4CCC(CCCN5CCNCC5)CC4)c(Cl)c3)ncc12. The Morgan fingerprint density at radius 1 is 1.13 bits per heavy atom. The molecule has 204 valence electrons. The minimum absolute atomic E-state index is 0.00145. The maximum absolute atomic E-state index is 12.6. The minimum Gasteiger partial charge on any atom is -0.370 e. The van der Waals surface area contributed by atoms with Gasteiger partial charge in [-0.2, -0.15) is 4.98 Å². The Morgan fingerprint density at radius 3 is 2.61 bits per heavy atom. The first-order chi connectivity index (χ1) is 18.4. The number of pyridine rings is 1. The second-order valence-corrected chi connectivity index (χ2v) is 11.4. The number of nitrogens with zero attached hydrogens (tertiary/aromatic N) is 5. The van der Waals surface area contributed by atoms with Crippen molar-refractivity contribution in [3.05, 3.63) is 51.4 Å². The summed E-state index contributed by atoms with van der Waals surface area (Å²) in [5, 5.41) is 8.32. The van der Waals surface area contributed by atoms with Gasteiger partial charge in [-0.05, 0) is 82.7 Å². The Bertz CT molecular complexity index is 1310. The van der Waals surface area contributed by atoms with E-state index in [-0.39, 0.29) is 11.6 Å². The van der Waals surface area contributed by atoms with Gasteiger partial charge in [0.05, 0.1) is 10.7 Å². The first kappa shape index (κ1) is 26.9. The van der Waals surface area contributed by atoms with E-state index < -0.39 is 0 Å². The zero-order chi connectivity index (χ0) is 26.6. The van der Waals surface area contributed by atoms with Gasteiger partial charge in [0.15, 0.2) is 0 Å². The molecule has 0 radical (unpaired) electrons. The summed E-state index contributed by atoms with van der Waals surface area (Å²) in [6.07, 6.45) is 6.85. The molecule has 0 atom stereocenters. The van der Waals surface area contributed by atoms with Gasteiger partial charge in [-0.25, -0.2) is 4.98 Å². The van der Waals surface area contributed by atoms with Gasteiger partial charge in [-0.1, -0.05) is 11.6 Å². The van der Waals surface area contributed by atoms with Gasteiger partial charge in [0.1, 0.15) is 5.65 Å². The van der Waals surface area contributed by atoms with E-state index in [0.717, 1.165) is 59.4 Å². The van der Waals surface area contributed by atoms with Crippen LogP contribution < -0.4 is 21.1 Å². The molecule has 0 unspecified atom stereocenters. The van der Waals surface area contributed by atoms with Crippen molar-refractivity contribution in [2.24, 2.45) is 5.92 Å². The predicted molar refractivity (Wildman–Crippen MR) is 157 cm³/mol. The van der Waals surface area contributed by atoms with E-state index in [0.29, 0.717) is 11.6 Å². The molecule has 2 fully saturated rings. The van der Waals surface area contributed by atoms with Crippen molar-refractivity contribution in [3.8, 4) is 0 Å². The lowest BCUT2D eigenvalue weighted by molar-refractivity contribution is 0.227. The number of aryl methyl sites for hydroxylation is 1. The lowest BCUT2D eigenvalue weighted by Gasteiger charge is -2.35. The molecule has 1 aromatic carbocycles. The van der Waals surface area contributed by atoms with Gasteiger partial charge in [0.25, 0.3) is 5.56 Å². The highest BCUT2D eigenvalue weighted by atomic mass is 35.5. The summed E-state index contributed by atoms with van der Waals surface area (Å²) in [7, 11) is 0. The van der Waals surface area contributed by atoms with Crippen molar-refractivity contribution in [1.29, 1.82) is 0 Å². The standard InChI is InChI=1S/C29H40ClN7O/c1-20(2)37-27(38)17-21(3)24-19-32-29(34-28(24)37)33-23-6-7-26(25(30)18-23)36-13-8-22(9-14-36)5-4-12-35-15-10-31-11-16-35/h6-7,17-20,22,31H,4-5,8-16H2,1-3H3,(H,32,33,34). The molecule has 9 heteroatoms. The average molecular weight is 538 g/mol. The van der Waals surface area contributed by atoms with Crippen LogP contribution in [0.4, 0.5) is 17.3 Å². The Balaban J connectivity index is 1.20. The number of hydrogen-bond acceptors (Lipinski definition) is 7. The van der Waals surface area contributed by atoms with Crippen LogP contribution in [-0.2, 0) is 0 Å². The summed E-state index contributed by atoms with van der Waals surface area (Å²) < 4.78 is 1.71. The van der Waals surface area contributed by atoms with Gasteiger partial charge in [-0.3, -0.25) is 9.36 Å². The number of fused-ring (bicyclic) bond motifs is 1. The number of hydrogen-bond donors (Lipinski definition) is 2. The molecule has 3 aromatic rings. The summed E-state index contributed by atoms with van der Waals surface area (Å²) in [4.78, 5) is 26.8. The molecule has 0 bridgehead atoms. The summed E-state index contributed by atoms with van der Waals surface area (Å²) in [6.45, 7) is 13.8. The second-order valence-electron chi connectivity index (χ2n) is 11.0. The van der Waals surface area contributed by atoms with Crippen molar-refractivity contribution < 1.29 is 0 Å². The van der Waals surface area contributed by atoms with Crippen LogP contribution in [-0.4, -0.2) is 65.2 Å². The fourth-order valence-electron chi connectivity index (χ4n) is 5.80. The van der Waals surface area contributed by atoms with Crippen molar-refractivity contribution in [2.75, 3.05) is 56.0 Å². The third-order valence-corrected chi connectivity index (χ3v) is 8.27.